The van der Waals surface area contributed by atoms with E-state index in [1.807, 2.05) is 6.92 Å². The summed E-state index contributed by atoms with van der Waals surface area (Å²) in [4.78, 5) is 24.5. The summed E-state index contributed by atoms with van der Waals surface area (Å²) in [5.41, 5.74) is 2.05. The molecule has 0 spiro atoms. The Morgan fingerprint density at radius 1 is 1.40 bits per heavy atom. The lowest BCUT2D eigenvalue weighted by Crippen LogP contribution is -2.30. The number of rotatable bonds is 3. The van der Waals surface area contributed by atoms with Gasteiger partial charge in [-0.3, -0.25) is 4.79 Å². The normalized spacial score (nSPS) is 18.7. The fraction of sp³-hybridized carbons (Fsp3) is 0.333. The Balaban J connectivity index is 2.24. The van der Waals surface area contributed by atoms with Crippen LogP contribution < -0.4 is 0 Å². The van der Waals surface area contributed by atoms with Gasteiger partial charge >= 0.3 is 5.97 Å². The monoisotopic (exact) mass is 275 g/mol. The Kier molecular flexibility index (Phi) is 4.20. The molecule has 20 heavy (non-hydrogen) atoms. The molecule has 0 aliphatic carbocycles. The van der Waals surface area contributed by atoms with Crippen molar-refractivity contribution in [3.05, 3.63) is 41.0 Å². The number of carboxylic acid groups (broad SMARTS) is 1. The van der Waals surface area contributed by atoms with Crippen LogP contribution in [0, 0.1) is 6.92 Å². The van der Waals surface area contributed by atoms with Crippen LogP contribution in [0.3, 0.4) is 0 Å². The number of carboxylic acids is 1. The molecule has 1 aromatic rings. The molecular formula is C15H17NO4. The molecule has 106 valence electrons. The standard InChI is InChI=1S/C15H17NO4/c1-10-2-3-11(4-5-14(18)19)8-13(10)15(20)16-7-6-12(17)9-16/h2-5,8,12,17H,6-7,9H2,1H3,(H,18,19). The van der Waals surface area contributed by atoms with Crippen LogP contribution >= 0.6 is 0 Å². The maximum Gasteiger partial charge on any atom is 0.328 e. The Labute approximate surface area is 117 Å². The van der Waals surface area contributed by atoms with Gasteiger partial charge in [-0.1, -0.05) is 12.1 Å². The molecule has 0 bridgehead atoms. The Hall–Kier alpha value is -2.14. The molecule has 1 aliphatic rings. The highest BCUT2D eigenvalue weighted by Crippen LogP contribution is 2.18. The van der Waals surface area contributed by atoms with Crippen molar-refractivity contribution in [3.63, 3.8) is 0 Å². The van der Waals surface area contributed by atoms with Gasteiger partial charge in [-0.15, -0.1) is 0 Å². The zero-order valence-electron chi connectivity index (χ0n) is 11.2. The predicted molar refractivity (Wildman–Crippen MR) is 74.4 cm³/mol. The molecule has 0 radical (unpaired) electrons. The number of benzene rings is 1. The van der Waals surface area contributed by atoms with E-state index in [4.69, 9.17) is 5.11 Å². The largest absolute Gasteiger partial charge is 0.478 e. The van der Waals surface area contributed by atoms with Gasteiger partial charge in [0, 0.05) is 24.7 Å². The zero-order chi connectivity index (χ0) is 14.7. The highest BCUT2D eigenvalue weighted by atomic mass is 16.4. The van der Waals surface area contributed by atoms with E-state index in [0.717, 1.165) is 11.6 Å². The molecule has 5 heteroatoms. The van der Waals surface area contributed by atoms with Gasteiger partial charge in [-0.25, -0.2) is 4.79 Å². The molecule has 2 N–H and O–H groups in total. The Morgan fingerprint density at radius 2 is 2.15 bits per heavy atom. The van der Waals surface area contributed by atoms with Gasteiger partial charge in [0.15, 0.2) is 0 Å². The van der Waals surface area contributed by atoms with Crippen molar-refractivity contribution >= 4 is 18.0 Å². The zero-order valence-corrected chi connectivity index (χ0v) is 11.2. The van der Waals surface area contributed by atoms with Crippen LogP contribution in [0.25, 0.3) is 6.08 Å². The van der Waals surface area contributed by atoms with E-state index in [-0.39, 0.29) is 5.91 Å². The van der Waals surface area contributed by atoms with Gasteiger partial charge < -0.3 is 15.1 Å². The lowest BCUT2D eigenvalue weighted by atomic mass is 10.0. The van der Waals surface area contributed by atoms with Gasteiger partial charge in [0.1, 0.15) is 0 Å². The van der Waals surface area contributed by atoms with Crippen molar-refractivity contribution in [2.45, 2.75) is 19.4 Å². The van der Waals surface area contributed by atoms with Crippen LogP contribution in [-0.4, -0.2) is 46.2 Å². The average Bonchev–Trinajstić information content (AvgIpc) is 2.83. The first-order valence-corrected chi connectivity index (χ1v) is 6.46. The fourth-order valence-corrected chi connectivity index (χ4v) is 2.24. The van der Waals surface area contributed by atoms with E-state index in [0.29, 0.717) is 30.6 Å². The summed E-state index contributed by atoms with van der Waals surface area (Å²) in [7, 11) is 0. The number of amides is 1. The third-order valence-corrected chi connectivity index (χ3v) is 3.36. The number of aliphatic carboxylic acids is 1. The van der Waals surface area contributed by atoms with Gasteiger partial charge in [-0.2, -0.15) is 0 Å². The van der Waals surface area contributed by atoms with Crippen LogP contribution in [-0.2, 0) is 4.79 Å². The summed E-state index contributed by atoms with van der Waals surface area (Å²) in [6, 6.07) is 5.24. The maximum absolute atomic E-state index is 12.4. The van der Waals surface area contributed by atoms with Crippen LogP contribution in [0.5, 0.6) is 0 Å². The molecule has 1 heterocycles. The number of aryl methyl sites for hydroxylation is 1. The highest BCUT2D eigenvalue weighted by molar-refractivity contribution is 5.96. The molecule has 1 fully saturated rings. The molecule has 1 saturated heterocycles. The Bertz CT molecular complexity index is 565. The van der Waals surface area contributed by atoms with Crippen LogP contribution in [0.1, 0.15) is 27.9 Å². The van der Waals surface area contributed by atoms with Gasteiger partial charge in [0.05, 0.1) is 6.10 Å². The SMILES string of the molecule is Cc1ccc(C=CC(=O)O)cc1C(=O)N1CCC(O)C1. The van der Waals surface area contributed by atoms with E-state index in [2.05, 4.69) is 0 Å². The second-order valence-electron chi connectivity index (χ2n) is 4.94. The molecule has 2 rings (SSSR count). The molecular weight excluding hydrogens is 258 g/mol. The molecule has 1 aliphatic heterocycles. The van der Waals surface area contributed by atoms with E-state index >= 15 is 0 Å². The number of aliphatic hydroxyl groups is 1. The average molecular weight is 275 g/mol. The first-order chi connectivity index (χ1) is 9.47. The fourth-order valence-electron chi connectivity index (χ4n) is 2.24. The number of hydrogen-bond acceptors (Lipinski definition) is 3. The van der Waals surface area contributed by atoms with Crippen molar-refractivity contribution < 1.29 is 19.8 Å². The molecule has 0 saturated carbocycles. The van der Waals surface area contributed by atoms with Gasteiger partial charge in [0.2, 0.25) is 0 Å². The third kappa shape index (κ3) is 3.24. The predicted octanol–water partition coefficient (Wildman–Crippen LogP) is 1.30. The number of likely N-dealkylation sites (tertiary alicyclic amines) is 1. The first-order valence-electron chi connectivity index (χ1n) is 6.46. The summed E-state index contributed by atoms with van der Waals surface area (Å²) in [6.07, 6.45) is 2.65. The molecule has 5 nitrogen and oxygen atoms in total. The number of nitrogens with zero attached hydrogens (tertiary/aromatic N) is 1. The van der Waals surface area contributed by atoms with Crippen molar-refractivity contribution in [3.8, 4) is 0 Å². The number of carbonyl (C=O) groups is 2. The van der Waals surface area contributed by atoms with Gasteiger partial charge in [0.25, 0.3) is 5.91 Å². The number of aliphatic hydroxyl groups excluding tert-OH is 1. The molecule has 1 amide bonds. The van der Waals surface area contributed by atoms with E-state index < -0.39 is 12.1 Å². The van der Waals surface area contributed by atoms with Crippen molar-refractivity contribution in [1.82, 2.24) is 4.90 Å². The maximum atomic E-state index is 12.4. The van der Waals surface area contributed by atoms with E-state index in [1.165, 1.54) is 6.08 Å². The topological polar surface area (TPSA) is 77.8 Å². The minimum Gasteiger partial charge on any atom is -0.478 e. The van der Waals surface area contributed by atoms with Crippen molar-refractivity contribution in [1.29, 1.82) is 0 Å². The Morgan fingerprint density at radius 3 is 2.75 bits per heavy atom. The van der Waals surface area contributed by atoms with E-state index in [9.17, 15) is 14.7 Å². The van der Waals surface area contributed by atoms with Crippen LogP contribution in [0.2, 0.25) is 0 Å². The summed E-state index contributed by atoms with van der Waals surface area (Å²) >= 11 is 0. The lowest BCUT2D eigenvalue weighted by molar-refractivity contribution is -0.131. The summed E-state index contributed by atoms with van der Waals surface area (Å²) < 4.78 is 0. The van der Waals surface area contributed by atoms with Crippen LogP contribution in [0.4, 0.5) is 0 Å². The summed E-state index contributed by atoms with van der Waals surface area (Å²) in [6.45, 7) is 2.74. The minimum atomic E-state index is -1.03. The van der Waals surface area contributed by atoms with Gasteiger partial charge in [-0.05, 0) is 36.6 Å². The molecule has 1 atom stereocenters. The second kappa shape index (κ2) is 5.88. The molecule has 1 aromatic carbocycles. The first kappa shape index (κ1) is 14.3. The quantitative estimate of drug-likeness (QED) is 0.815. The minimum absolute atomic E-state index is 0.121. The smallest absolute Gasteiger partial charge is 0.328 e. The second-order valence-corrected chi connectivity index (χ2v) is 4.94. The lowest BCUT2D eigenvalue weighted by Gasteiger charge is -2.17. The number of hydrogen-bond donors (Lipinski definition) is 2. The molecule has 1 unspecified atom stereocenters. The third-order valence-electron chi connectivity index (χ3n) is 3.36. The summed E-state index contributed by atoms with van der Waals surface area (Å²) in [5, 5.41) is 18.1. The highest BCUT2D eigenvalue weighted by Gasteiger charge is 2.26. The van der Waals surface area contributed by atoms with Crippen molar-refractivity contribution in [2.75, 3.05) is 13.1 Å². The molecule has 0 aromatic heterocycles. The van der Waals surface area contributed by atoms with E-state index in [1.54, 1.807) is 23.1 Å². The summed E-state index contributed by atoms with van der Waals surface area (Å²) in [5.74, 6) is -1.15. The van der Waals surface area contributed by atoms with Crippen molar-refractivity contribution in [2.24, 2.45) is 0 Å². The number of carbonyl (C=O) groups excluding carboxylic acids is 1. The number of β-amino-alcohol motifs (C(OH)–C–C–N with tert-alkyl or cyclic N) is 1. The van der Waals surface area contributed by atoms with Crippen LogP contribution in [0.15, 0.2) is 24.3 Å².